The quantitative estimate of drug-likeness (QED) is 0.718. The van der Waals surface area contributed by atoms with Gasteiger partial charge in [0.15, 0.2) is 0 Å². The molecule has 2 saturated heterocycles. The number of nitrogens with zero attached hydrogens (tertiary/aromatic N) is 1. The first-order valence-corrected chi connectivity index (χ1v) is 10.3. The van der Waals surface area contributed by atoms with Gasteiger partial charge < -0.3 is 20.3 Å². The highest BCUT2D eigenvalue weighted by Gasteiger charge is 2.50. The molecule has 148 valence electrons. The minimum absolute atomic E-state index is 0.00710. The van der Waals surface area contributed by atoms with E-state index in [4.69, 9.17) is 4.74 Å². The summed E-state index contributed by atoms with van der Waals surface area (Å²) in [5.74, 6) is 0.371. The lowest BCUT2D eigenvalue weighted by atomic mass is 9.74. The number of carbonyl (C=O) groups is 2. The van der Waals surface area contributed by atoms with Gasteiger partial charge in [-0.1, -0.05) is 33.1 Å². The van der Waals surface area contributed by atoms with E-state index < -0.39 is 6.04 Å². The van der Waals surface area contributed by atoms with E-state index in [1.54, 1.807) is 0 Å². The molecule has 2 N–H and O–H groups in total. The van der Waals surface area contributed by atoms with Crippen molar-refractivity contribution < 1.29 is 14.3 Å². The van der Waals surface area contributed by atoms with Gasteiger partial charge in [-0.05, 0) is 25.7 Å². The van der Waals surface area contributed by atoms with Crippen molar-refractivity contribution in [1.29, 1.82) is 0 Å². The predicted octanol–water partition coefficient (Wildman–Crippen LogP) is 1.54. The molecule has 0 aromatic rings. The van der Waals surface area contributed by atoms with Crippen molar-refractivity contribution in [3.8, 4) is 0 Å². The summed E-state index contributed by atoms with van der Waals surface area (Å²) in [4.78, 5) is 27.1. The van der Waals surface area contributed by atoms with Crippen LogP contribution in [0.15, 0.2) is 0 Å². The molecule has 1 aliphatic carbocycles. The highest BCUT2D eigenvalue weighted by atomic mass is 16.5. The molecule has 1 spiro atoms. The van der Waals surface area contributed by atoms with E-state index in [2.05, 4.69) is 10.6 Å². The molecule has 2 atom stereocenters. The SMILES string of the molecule is CC(C)C(=O)NC(C(=O)N1CC2(CNC2)C1)C(C)OCC1CCCCC1. The normalized spacial score (nSPS) is 24.7. The average Bonchev–Trinajstić information content (AvgIpc) is 2.55. The van der Waals surface area contributed by atoms with E-state index in [1.165, 1.54) is 32.1 Å². The number of amides is 2. The summed E-state index contributed by atoms with van der Waals surface area (Å²) >= 11 is 0. The zero-order valence-electron chi connectivity index (χ0n) is 16.6. The number of carbonyl (C=O) groups excluding carboxylic acids is 2. The minimum Gasteiger partial charge on any atom is -0.376 e. The van der Waals surface area contributed by atoms with Crippen LogP contribution in [0.4, 0.5) is 0 Å². The first-order chi connectivity index (χ1) is 12.4. The van der Waals surface area contributed by atoms with Crippen LogP contribution in [0, 0.1) is 17.3 Å². The van der Waals surface area contributed by atoms with Crippen LogP contribution in [0.25, 0.3) is 0 Å². The van der Waals surface area contributed by atoms with Crippen molar-refractivity contribution in [3.63, 3.8) is 0 Å². The zero-order valence-corrected chi connectivity index (χ0v) is 16.6. The molecule has 6 heteroatoms. The maximum atomic E-state index is 13.0. The Kier molecular flexibility index (Phi) is 6.23. The second-order valence-corrected chi connectivity index (χ2v) is 8.98. The van der Waals surface area contributed by atoms with Gasteiger partial charge in [-0.25, -0.2) is 0 Å². The molecule has 2 heterocycles. The third kappa shape index (κ3) is 4.39. The molecular formula is C20H35N3O3. The van der Waals surface area contributed by atoms with Gasteiger partial charge in [-0.15, -0.1) is 0 Å². The highest BCUT2D eigenvalue weighted by molar-refractivity contribution is 5.89. The Bertz CT molecular complexity index is 504. The van der Waals surface area contributed by atoms with Crippen LogP contribution in [0.3, 0.4) is 0 Å². The Morgan fingerprint density at radius 3 is 2.35 bits per heavy atom. The van der Waals surface area contributed by atoms with E-state index in [0.717, 1.165) is 26.2 Å². The van der Waals surface area contributed by atoms with Crippen molar-refractivity contribution in [3.05, 3.63) is 0 Å². The van der Waals surface area contributed by atoms with Crippen molar-refractivity contribution in [2.75, 3.05) is 32.8 Å². The fourth-order valence-electron chi connectivity index (χ4n) is 4.26. The summed E-state index contributed by atoms with van der Waals surface area (Å²) in [5.41, 5.74) is 0.286. The van der Waals surface area contributed by atoms with Gasteiger partial charge in [-0.3, -0.25) is 9.59 Å². The Balaban J connectivity index is 1.56. The van der Waals surface area contributed by atoms with Crippen LogP contribution >= 0.6 is 0 Å². The minimum atomic E-state index is -0.584. The van der Waals surface area contributed by atoms with Crippen LogP contribution in [-0.2, 0) is 14.3 Å². The second-order valence-electron chi connectivity index (χ2n) is 8.98. The first kappa shape index (κ1) is 19.6. The molecule has 1 saturated carbocycles. The topological polar surface area (TPSA) is 70.7 Å². The largest absolute Gasteiger partial charge is 0.376 e. The molecule has 3 fully saturated rings. The van der Waals surface area contributed by atoms with E-state index in [-0.39, 0.29) is 29.3 Å². The molecule has 26 heavy (non-hydrogen) atoms. The number of hydrogen-bond donors (Lipinski definition) is 2. The van der Waals surface area contributed by atoms with E-state index in [1.807, 2.05) is 25.7 Å². The summed E-state index contributed by atoms with van der Waals surface area (Å²) in [6.07, 6.45) is 6.00. The molecule has 2 aliphatic heterocycles. The van der Waals surface area contributed by atoms with Crippen molar-refractivity contribution >= 4 is 11.8 Å². The zero-order chi connectivity index (χ0) is 18.7. The summed E-state index contributed by atoms with van der Waals surface area (Å²) in [6, 6.07) is -0.584. The Hall–Kier alpha value is -1.14. The van der Waals surface area contributed by atoms with Gasteiger partial charge in [0.1, 0.15) is 6.04 Å². The molecule has 3 aliphatic rings. The summed E-state index contributed by atoms with van der Waals surface area (Å²) < 4.78 is 6.08. The first-order valence-electron chi connectivity index (χ1n) is 10.3. The smallest absolute Gasteiger partial charge is 0.247 e. The van der Waals surface area contributed by atoms with Crippen LogP contribution in [-0.4, -0.2) is 61.6 Å². The van der Waals surface area contributed by atoms with Gasteiger partial charge in [0.05, 0.1) is 6.10 Å². The van der Waals surface area contributed by atoms with Gasteiger partial charge in [0.25, 0.3) is 0 Å². The van der Waals surface area contributed by atoms with E-state index in [9.17, 15) is 9.59 Å². The summed E-state index contributed by atoms with van der Waals surface area (Å²) in [5, 5.41) is 6.23. The average molecular weight is 366 g/mol. The number of ether oxygens (including phenoxy) is 1. The van der Waals surface area contributed by atoms with Crippen molar-refractivity contribution in [2.24, 2.45) is 17.3 Å². The lowest BCUT2D eigenvalue weighted by Gasteiger charge is -2.56. The number of rotatable bonds is 7. The highest BCUT2D eigenvalue weighted by Crippen LogP contribution is 2.34. The Labute approximate surface area is 157 Å². The standard InChI is InChI=1S/C20H35N3O3/c1-14(2)18(24)22-17(15(3)26-9-16-7-5-4-6-8-16)19(25)23-12-20(13-23)10-21-11-20/h14-17,21H,4-13H2,1-3H3,(H,22,24). The maximum absolute atomic E-state index is 13.0. The molecule has 0 aromatic heterocycles. The maximum Gasteiger partial charge on any atom is 0.247 e. The van der Waals surface area contributed by atoms with Crippen LogP contribution in [0.1, 0.15) is 52.9 Å². The van der Waals surface area contributed by atoms with Gasteiger partial charge in [-0.2, -0.15) is 0 Å². The Morgan fingerprint density at radius 1 is 1.15 bits per heavy atom. The predicted molar refractivity (Wildman–Crippen MR) is 101 cm³/mol. The van der Waals surface area contributed by atoms with Crippen molar-refractivity contribution in [1.82, 2.24) is 15.5 Å². The fourth-order valence-corrected chi connectivity index (χ4v) is 4.26. The second kappa shape index (κ2) is 8.26. The third-order valence-corrected chi connectivity index (χ3v) is 6.24. The van der Waals surface area contributed by atoms with Crippen LogP contribution < -0.4 is 10.6 Å². The molecule has 0 radical (unpaired) electrons. The van der Waals surface area contributed by atoms with Crippen molar-refractivity contribution in [2.45, 2.75) is 65.0 Å². The van der Waals surface area contributed by atoms with E-state index >= 15 is 0 Å². The monoisotopic (exact) mass is 365 g/mol. The van der Waals surface area contributed by atoms with Gasteiger partial charge in [0, 0.05) is 44.1 Å². The number of nitrogens with one attached hydrogen (secondary N) is 2. The molecule has 0 bridgehead atoms. The van der Waals surface area contributed by atoms with Gasteiger partial charge >= 0.3 is 0 Å². The molecule has 2 amide bonds. The molecular weight excluding hydrogens is 330 g/mol. The summed E-state index contributed by atoms with van der Waals surface area (Å²) in [7, 11) is 0. The lowest BCUT2D eigenvalue weighted by Crippen LogP contribution is -2.74. The Morgan fingerprint density at radius 2 is 1.81 bits per heavy atom. The third-order valence-electron chi connectivity index (χ3n) is 6.24. The van der Waals surface area contributed by atoms with Crippen LogP contribution in [0.2, 0.25) is 0 Å². The number of likely N-dealkylation sites (tertiary alicyclic amines) is 1. The lowest BCUT2D eigenvalue weighted by molar-refractivity contribution is -0.155. The van der Waals surface area contributed by atoms with Crippen LogP contribution in [0.5, 0.6) is 0 Å². The molecule has 3 rings (SSSR count). The molecule has 0 aromatic carbocycles. The molecule has 2 unspecified atom stereocenters. The number of hydrogen-bond acceptors (Lipinski definition) is 4. The summed E-state index contributed by atoms with van der Waals surface area (Å²) in [6.45, 7) is 9.89. The van der Waals surface area contributed by atoms with Gasteiger partial charge in [0.2, 0.25) is 11.8 Å². The van der Waals surface area contributed by atoms with E-state index in [0.29, 0.717) is 12.5 Å². The molecule has 6 nitrogen and oxygen atoms in total. The fraction of sp³-hybridized carbons (Fsp3) is 0.900.